The van der Waals surface area contributed by atoms with E-state index < -0.39 is 10.0 Å². The lowest BCUT2D eigenvalue weighted by molar-refractivity contribution is 0.598. The zero-order chi connectivity index (χ0) is 13.9. The third-order valence-electron chi connectivity index (χ3n) is 2.40. The number of hydrogen-bond acceptors (Lipinski definition) is 2. The van der Waals surface area contributed by atoms with Gasteiger partial charge in [0.25, 0.3) is 10.0 Å². The van der Waals surface area contributed by atoms with Crippen LogP contribution in [-0.2, 0) is 10.0 Å². The number of nitrogens with zero attached hydrogens (tertiary/aromatic N) is 1. The van der Waals surface area contributed by atoms with Crippen LogP contribution < -0.4 is 5.73 Å². The van der Waals surface area contributed by atoms with Crippen molar-refractivity contribution < 1.29 is 8.42 Å². The fraction of sp³-hybridized carbons (Fsp3) is 0. The molecule has 0 aliphatic rings. The maximum Gasteiger partial charge on any atom is 0.284 e. The molecule has 98 valence electrons. The number of sulfonamides is 1. The molecule has 2 aromatic carbocycles. The second kappa shape index (κ2) is 5.42. The highest BCUT2D eigenvalue weighted by molar-refractivity contribution is 7.90. The average Bonchev–Trinajstić information content (AvgIpc) is 2.40. The molecule has 0 spiro atoms. The van der Waals surface area contributed by atoms with Crippen molar-refractivity contribution in [3.63, 3.8) is 0 Å². The van der Waals surface area contributed by atoms with Gasteiger partial charge in [0.15, 0.2) is 0 Å². The summed E-state index contributed by atoms with van der Waals surface area (Å²) in [4.78, 5) is 0.0516. The van der Waals surface area contributed by atoms with E-state index in [9.17, 15) is 8.42 Å². The molecule has 0 fully saturated rings. The highest BCUT2D eigenvalue weighted by atomic mass is 35.5. The van der Waals surface area contributed by atoms with Crippen LogP contribution in [0.1, 0.15) is 5.56 Å². The van der Waals surface area contributed by atoms with Gasteiger partial charge in [0.2, 0.25) is 0 Å². The van der Waals surface area contributed by atoms with Crippen LogP contribution in [0.4, 0.5) is 0 Å². The average molecular weight is 295 g/mol. The Kier molecular flexibility index (Phi) is 3.87. The third-order valence-corrected chi connectivity index (χ3v) is 3.96. The fourth-order valence-electron chi connectivity index (χ4n) is 1.45. The Morgan fingerprint density at radius 2 is 1.58 bits per heavy atom. The lowest BCUT2D eigenvalue weighted by Crippen LogP contribution is -2.15. The Bertz CT molecular complexity index is 695. The molecule has 0 aliphatic heterocycles. The molecule has 0 aliphatic carbocycles. The summed E-state index contributed by atoms with van der Waals surface area (Å²) in [5.41, 5.74) is 6.25. The van der Waals surface area contributed by atoms with E-state index in [1.165, 1.54) is 24.3 Å². The first-order valence-corrected chi connectivity index (χ1v) is 7.22. The Balaban J connectivity index is 2.39. The van der Waals surface area contributed by atoms with Crippen LogP contribution in [0.15, 0.2) is 63.9 Å². The quantitative estimate of drug-likeness (QED) is 0.698. The van der Waals surface area contributed by atoms with Gasteiger partial charge in [-0.25, -0.2) is 0 Å². The molecule has 2 N–H and O–H groups in total. The van der Waals surface area contributed by atoms with Crippen LogP contribution in [0.2, 0.25) is 5.02 Å². The molecule has 0 saturated heterocycles. The largest absolute Gasteiger partial charge is 0.383 e. The first kappa shape index (κ1) is 13.6. The highest BCUT2D eigenvalue weighted by Gasteiger charge is 2.13. The molecule has 2 rings (SSSR count). The van der Waals surface area contributed by atoms with Crippen LogP contribution in [0, 0.1) is 0 Å². The second-order valence-electron chi connectivity index (χ2n) is 3.77. The minimum absolute atomic E-state index is 0.0458. The van der Waals surface area contributed by atoms with Crippen molar-refractivity contribution in [2.75, 3.05) is 0 Å². The van der Waals surface area contributed by atoms with Crippen LogP contribution in [0.5, 0.6) is 0 Å². The molecule has 2 aromatic rings. The minimum atomic E-state index is -3.82. The molecule has 19 heavy (non-hydrogen) atoms. The van der Waals surface area contributed by atoms with E-state index in [0.717, 1.165) is 0 Å². The number of halogens is 1. The maximum absolute atomic E-state index is 12.0. The molecule has 0 heterocycles. The number of rotatable bonds is 3. The molecule has 0 atom stereocenters. The van der Waals surface area contributed by atoms with E-state index in [2.05, 4.69) is 4.40 Å². The summed E-state index contributed by atoms with van der Waals surface area (Å²) in [6.45, 7) is 0. The molecular weight excluding hydrogens is 284 g/mol. The zero-order valence-corrected chi connectivity index (χ0v) is 11.4. The normalized spacial score (nSPS) is 12.4. The molecule has 0 aromatic heterocycles. The molecular formula is C13H11ClN2O2S. The summed E-state index contributed by atoms with van der Waals surface area (Å²) in [6, 6.07) is 14.5. The summed E-state index contributed by atoms with van der Waals surface area (Å²) in [5.74, 6) is -0.0458. The lowest BCUT2D eigenvalue weighted by Gasteiger charge is -2.02. The van der Waals surface area contributed by atoms with Crippen LogP contribution >= 0.6 is 11.6 Å². The van der Waals surface area contributed by atoms with Gasteiger partial charge >= 0.3 is 0 Å². The summed E-state index contributed by atoms with van der Waals surface area (Å²) in [5, 5.41) is 0.457. The molecule has 0 unspecified atom stereocenters. The predicted octanol–water partition coefficient (Wildman–Crippen LogP) is 2.43. The topological polar surface area (TPSA) is 72.5 Å². The van der Waals surface area contributed by atoms with Crippen molar-refractivity contribution in [3.05, 3.63) is 65.2 Å². The van der Waals surface area contributed by atoms with E-state index in [-0.39, 0.29) is 10.7 Å². The van der Waals surface area contributed by atoms with Crippen molar-refractivity contribution in [1.82, 2.24) is 0 Å². The zero-order valence-electron chi connectivity index (χ0n) is 9.82. The molecule has 0 amide bonds. The van der Waals surface area contributed by atoms with Gasteiger partial charge in [0.1, 0.15) is 5.84 Å². The summed E-state index contributed by atoms with van der Waals surface area (Å²) < 4.78 is 27.6. The van der Waals surface area contributed by atoms with E-state index >= 15 is 0 Å². The van der Waals surface area contributed by atoms with Crippen LogP contribution in [0.25, 0.3) is 0 Å². The number of benzene rings is 2. The van der Waals surface area contributed by atoms with E-state index in [1.54, 1.807) is 24.3 Å². The van der Waals surface area contributed by atoms with Crippen LogP contribution in [-0.4, -0.2) is 14.3 Å². The standard InChI is InChI=1S/C13H11ClN2O2S/c14-11-6-8-12(9-7-11)19(17,18)16-13(15)10-4-2-1-3-5-10/h1-9H,(H2,15,16). The van der Waals surface area contributed by atoms with Crippen LogP contribution in [0.3, 0.4) is 0 Å². The molecule has 0 bridgehead atoms. The molecule has 4 nitrogen and oxygen atoms in total. The monoisotopic (exact) mass is 294 g/mol. The van der Waals surface area contributed by atoms with E-state index in [0.29, 0.717) is 10.6 Å². The van der Waals surface area contributed by atoms with Gasteiger partial charge in [-0.05, 0) is 24.3 Å². The lowest BCUT2D eigenvalue weighted by atomic mass is 10.2. The molecule has 0 radical (unpaired) electrons. The Hall–Kier alpha value is -1.85. The van der Waals surface area contributed by atoms with Gasteiger partial charge in [-0.3, -0.25) is 0 Å². The second-order valence-corrected chi connectivity index (χ2v) is 5.81. The minimum Gasteiger partial charge on any atom is -0.383 e. The molecule has 6 heteroatoms. The van der Waals surface area contributed by atoms with Crippen molar-refractivity contribution in [1.29, 1.82) is 0 Å². The van der Waals surface area contributed by atoms with Crippen molar-refractivity contribution in [3.8, 4) is 0 Å². The van der Waals surface area contributed by atoms with Gasteiger partial charge in [0.05, 0.1) is 4.90 Å². The number of nitrogens with two attached hydrogens (primary N) is 1. The number of amidine groups is 1. The van der Waals surface area contributed by atoms with E-state index in [4.69, 9.17) is 17.3 Å². The predicted molar refractivity (Wildman–Crippen MR) is 75.8 cm³/mol. The van der Waals surface area contributed by atoms with Gasteiger partial charge < -0.3 is 5.73 Å². The Labute approximate surface area is 116 Å². The van der Waals surface area contributed by atoms with Gasteiger partial charge in [-0.2, -0.15) is 8.42 Å². The van der Waals surface area contributed by atoms with Gasteiger partial charge in [0, 0.05) is 10.6 Å². The number of hydrogen-bond donors (Lipinski definition) is 1. The van der Waals surface area contributed by atoms with Gasteiger partial charge in [-0.15, -0.1) is 4.40 Å². The summed E-state index contributed by atoms with van der Waals surface area (Å²) in [6.07, 6.45) is 0. The van der Waals surface area contributed by atoms with E-state index in [1.807, 2.05) is 6.07 Å². The Morgan fingerprint density at radius 3 is 2.16 bits per heavy atom. The fourth-order valence-corrected chi connectivity index (χ4v) is 2.53. The third kappa shape index (κ3) is 3.33. The van der Waals surface area contributed by atoms with Crippen molar-refractivity contribution >= 4 is 27.5 Å². The SMILES string of the molecule is NC(=NS(=O)(=O)c1ccc(Cl)cc1)c1ccccc1. The first-order chi connectivity index (χ1) is 8.99. The first-order valence-electron chi connectivity index (χ1n) is 5.40. The maximum atomic E-state index is 12.0. The summed E-state index contributed by atoms with van der Waals surface area (Å²) in [7, 11) is -3.82. The van der Waals surface area contributed by atoms with Crippen molar-refractivity contribution in [2.24, 2.45) is 10.1 Å². The van der Waals surface area contributed by atoms with Crippen molar-refractivity contribution in [2.45, 2.75) is 4.90 Å². The smallest absolute Gasteiger partial charge is 0.284 e. The summed E-state index contributed by atoms with van der Waals surface area (Å²) >= 11 is 5.71. The van der Waals surface area contributed by atoms with Gasteiger partial charge in [-0.1, -0.05) is 41.9 Å². The Morgan fingerprint density at radius 1 is 1.00 bits per heavy atom. The highest BCUT2D eigenvalue weighted by Crippen LogP contribution is 2.16. The molecule has 0 saturated carbocycles.